The van der Waals surface area contributed by atoms with Crippen molar-refractivity contribution in [3.63, 3.8) is 0 Å². The Hall–Kier alpha value is -3.80. The Labute approximate surface area is 165 Å². The molecule has 1 amide bonds. The molecule has 0 bridgehead atoms. The molecule has 3 aromatic carbocycles. The van der Waals surface area contributed by atoms with Crippen LogP contribution in [0.5, 0.6) is 0 Å². The van der Waals surface area contributed by atoms with Crippen molar-refractivity contribution in [2.24, 2.45) is 0 Å². The van der Waals surface area contributed by atoms with Gasteiger partial charge in [-0.25, -0.2) is 8.78 Å². The fraction of sp³-hybridized carbons (Fsp3) is 0.0435. The van der Waals surface area contributed by atoms with Crippen LogP contribution in [0.25, 0.3) is 11.3 Å². The van der Waals surface area contributed by atoms with E-state index in [1.54, 1.807) is 29.2 Å². The highest BCUT2D eigenvalue weighted by Crippen LogP contribution is 2.44. The van der Waals surface area contributed by atoms with Crippen LogP contribution in [0.3, 0.4) is 0 Å². The molecule has 0 fully saturated rings. The molecular weight excluding hydrogens is 372 g/mol. The third-order valence-corrected chi connectivity index (χ3v) is 5.11. The topological polar surface area (TPSA) is 49.0 Å². The SMILES string of the molecule is O=C1c2[nH]nc(-c3ccc(F)cc3)c2C(c2ccc(F)cc2)N1c1ccccc1. The summed E-state index contributed by atoms with van der Waals surface area (Å²) in [4.78, 5) is 14.9. The number of carbonyl (C=O) groups excluding carboxylic acids is 1. The number of nitrogens with zero attached hydrogens (tertiary/aromatic N) is 2. The lowest BCUT2D eigenvalue weighted by Gasteiger charge is -2.26. The second-order valence-electron chi connectivity index (χ2n) is 6.83. The van der Waals surface area contributed by atoms with Crippen LogP contribution in [-0.4, -0.2) is 16.1 Å². The number of H-pyrrole nitrogens is 1. The van der Waals surface area contributed by atoms with E-state index in [0.717, 1.165) is 11.3 Å². The Kier molecular flexibility index (Phi) is 3.98. The van der Waals surface area contributed by atoms with Gasteiger partial charge in [-0.2, -0.15) is 5.10 Å². The Morgan fingerprint density at radius 3 is 2.10 bits per heavy atom. The predicted octanol–water partition coefficient (Wildman–Crippen LogP) is 5.10. The van der Waals surface area contributed by atoms with Crippen molar-refractivity contribution < 1.29 is 13.6 Å². The quantitative estimate of drug-likeness (QED) is 0.531. The molecule has 29 heavy (non-hydrogen) atoms. The number of anilines is 1. The van der Waals surface area contributed by atoms with E-state index in [1.807, 2.05) is 30.3 Å². The average molecular weight is 387 g/mol. The summed E-state index contributed by atoms with van der Waals surface area (Å²) in [6.45, 7) is 0. The first-order valence-corrected chi connectivity index (χ1v) is 9.12. The molecule has 142 valence electrons. The van der Waals surface area contributed by atoms with Gasteiger partial charge < -0.3 is 0 Å². The predicted molar refractivity (Wildman–Crippen MR) is 105 cm³/mol. The fourth-order valence-electron chi connectivity index (χ4n) is 3.79. The van der Waals surface area contributed by atoms with E-state index in [2.05, 4.69) is 10.2 Å². The molecule has 4 nitrogen and oxygen atoms in total. The standard InChI is InChI=1S/C23H15F2N3O/c24-16-10-6-14(7-11-16)20-19-21(27-26-20)23(29)28(18-4-2-1-3-5-18)22(19)15-8-12-17(25)13-9-15/h1-13,22H,(H,26,27). The van der Waals surface area contributed by atoms with Crippen LogP contribution in [0, 0.1) is 11.6 Å². The summed E-state index contributed by atoms with van der Waals surface area (Å²) in [6.07, 6.45) is 0. The van der Waals surface area contributed by atoms with Gasteiger partial charge in [0.25, 0.3) is 5.91 Å². The zero-order chi connectivity index (χ0) is 20.0. The second-order valence-corrected chi connectivity index (χ2v) is 6.83. The molecule has 0 aliphatic carbocycles. The minimum atomic E-state index is -0.487. The summed E-state index contributed by atoms with van der Waals surface area (Å²) in [5.74, 6) is -0.921. The summed E-state index contributed by atoms with van der Waals surface area (Å²) in [6, 6.07) is 20.9. The molecule has 0 radical (unpaired) electrons. The molecule has 2 heterocycles. The number of rotatable bonds is 3. The minimum absolute atomic E-state index is 0.221. The maximum Gasteiger partial charge on any atom is 0.277 e. The van der Waals surface area contributed by atoms with Crippen molar-refractivity contribution in [3.8, 4) is 11.3 Å². The van der Waals surface area contributed by atoms with Gasteiger partial charge in [0, 0.05) is 16.8 Å². The van der Waals surface area contributed by atoms with Gasteiger partial charge >= 0.3 is 0 Å². The maximum absolute atomic E-state index is 13.6. The van der Waals surface area contributed by atoms with Crippen LogP contribution in [0.2, 0.25) is 0 Å². The molecule has 0 spiro atoms. The lowest BCUT2D eigenvalue weighted by atomic mass is 9.96. The molecule has 0 saturated carbocycles. The number of hydrogen-bond donors (Lipinski definition) is 1. The lowest BCUT2D eigenvalue weighted by molar-refractivity contribution is 0.0989. The first-order valence-electron chi connectivity index (χ1n) is 9.12. The number of benzene rings is 3. The molecule has 1 N–H and O–H groups in total. The van der Waals surface area contributed by atoms with E-state index in [4.69, 9.17) is 0 Å². The van der Waals surface area contributed by atoms with Crippen molar-refractivity contribution >= 4 is 11.6 Å². The van der Waals surface area contributed by atoms with E-state index in [9.17, 15) is 13.6 Å². The van der Waals surface area contributed by atoms with Crippen LogP contribution in [-0.2, 0) is 0 Å². The number of hydrogen-bond acceptors (Lipinski definition) is 2. The molecule has 1 unspecified atom stereocenters. The first kappa shape index (κ1) is 17.3. The Morgan fingerprint density at radius 2 is 1.45 bits per heavy atom. The summed E-state index contributed by atoms with van der Waals surface area (Å²) in [5.41, 5.74) is 3.81. The normalized spacial score (nSPS) is 15.6. The highest BCUT2D eigenvalue weighted by Gasteiger charge is 2.43. The number of halogens is 2. The van der Waals surface area contributed by atoms with Gasteiger partial charge in [-0.05, 0) is 54.1 Å². The Bertz CT molecular complexity index is 1190. The number of carbonyl (C=O) groups is 1. The zero-order valence-electron chi connectivity index (χ0n) is 15.1. The van der Waals surface area contributed by atoms with Gasteiger partial charge in [0.05, 0.1) is 11.7 Å². The zero-order valence-corrected chi connectivity index (χ0v) is 15.1. The maximum atomic E-state index is 13.6. The number of para-hydroxylation sites is 1. The number of amides is 1. The van der Waals surface area contributed by atoms with E-state index in [0.29, 0.717) is 22.5 Å². The van der Waals surface area contributed by atoms with Gasteiger partial charge in [-0.15, -0.1) is 0 Å². The third kappa shape index (κ3) is 2.81. The highest BCUT2D eigenvalue weighted by atomic mass is 19.1. The van der Waals surface area contributed by atoms with Gasteiger partial charge in [-0.3, -0.25) is 14.8 Å². The van der Waals surface area contributed by atoms with Crippen molar-refractivity contribution in [3.05, 3.63) is 107 Å². The molecule has 1 aliphatic heterocycles. The Balaban J connectivity index is 1.72. The van der Waals surface area contributed by atoms with Gasteiger partial charge in [0.2, 0.25) is 0 Å². The highest BCUT2D eigenvalue weighted by molar-refractivity contribution is 6.11. The van der Waals surface area contributed by atoms with Crippen LogP contribution in [0.1, 0.15) is 27.7 Å². The molecule has 4 aromatic rings. The summed E-state index contributed by atoms with van der Waals surface area (Å²) >= 11 is 0. The van der Waals surface area contributed by atoms with E-state index < -0.39 is 6.04 Å². The number of nitrogens with one attached hydrogen (secondary N) is 1. The summed E-state index contributed by atoms with van der Waals surface area (Å²) < 4.78 is 27.0. The molecule has 0 saturated heterocycles. The second kappa shape index (κ2) is 6.67. The average Bonchev–Trinajstić information content (AvgIpc) is 3.29. The van der Waals surface area contributed by atoms with Crippen LogP contribution >= 0.6 is 0 Å². The van der Waals surface area contributed by atoms with Crippen LogP contribution in [0.4, 0.5) is 14.5 Å². The van der Waals surface area contributed by atoms with Gasteiger partial charge in [0.15, 0.2) is 0 Å². The van der Waals surface area contributed by atoms with Crippen molar-refractivity contribution in [1.82, 2.24) is 10.2 Å². The largest absolute Gasteiger partial charge is 0.295 e. The number of aromatic nitrogens is 2. The monoisotopic (exact) mass is 387 g/mol. The van der Waals surface area contributed by atoms with Crippen molar-refractivity contribution in [2.75, 3.05) is 4.90 Å². The summed E-state index contributed by atoms with van der Waals surface area (Å²) in [7, 11) is 0. The van der Waals surface area contributed by atoms with E-state index in [-0.39, 0.29) is 17.5 Å². The molecular formula is C23H15F2N3O. The Morgan fingerprint density at radius 1 is 0.828 bits per heavy atom. The van der Waals surface area contributed by atoms with E-state index >= 15 is 0 Å². The van der Waals surface area contributed by atoms with Crippen molar-refractivity contribution in [1.29, 1.82) is 0 Å². The lowest BCUT2D eigenvalue weighted by Crippen LogP contribution is -2.29. The van der Waals surface area contributed by atoms with Gasteiger partial charge in [0.1, 0.15) is 17.3 Å². The van der Waals surface area contributed by atoms with Crippen molar-refractivity contribution in [2.45, 2.75) is 6.04 Å². The molecule has 1 atom stereocenters. The number of aromatic amines is 1. The van der Waals surface area contributed by atoms with Crippen LogP contribution in [0.15, 0.2) is 78.9 Å². The molecule has 5 rings (SSSR count). The smallest absolute Gasteiger partial charge is 0.277 e. The number of fused-ring (bicyclic) bond motifs is 1. The fourth-order valence-corrected chi connectivity index (χ4v) is 3.79. The van der Waals surface area contributed by atoms with E-state index in [1.165, 1.54) is 24.3 Å². The third-order valence-electron chi connectivity index (χ3n) is 5.11. The van der Waals surface area contributed by atoms with Gasteiger partial charge in [-0.1, -0.05) is 30.3 Å². The van der Waals surface area contributed by atoms with Crippen LogP contribution < -0.4 is 4.90 Å². The molecule has 1 aliphatic rings. The molecule has 6 heteroatoms. The summed E-state index contributed by atoms with van der Waals surface area (Å²) in [5, 5.41) is 7.19. The minimum Gasteiger partial charge on any atom is -0.295 e. The first-order chi connectivity index (χ1) is 14.1. The molecule has 1 aromatic heterocycles.